The van der Waals surface area contributed by atoms with Gasteiger partial charge < -0.3 is 25.0 Å². The summed E-state index contributed by atoms with van der Waals surface area (Å²) in [5.41, 5.74) is 0.466. The molecular weight excluding hydrogens is 563 g/mol. The number of aliphatic imine (C=N–C) groups is 1. The van der Waals surface area contributed by atoms with Gasteiger partial charge >= 0.3 is 18.0 Å². The van der Waals surface area contributed by atoms with Crippen molar-refractivity contribution in [1.29, 1.82) is 0 Å². The average Bonchev–Trinajstić information content (AvgIpc) is 3.60. The number of thiazole rings is 1. The lowest BCUT2D eigenvalue weighted by Crippen LogP contribution is -2.53. The van der Waals surface area contributed by atoms with E-state index in [0.717, 1.165) is 0 Å². The van der Waals surface area contributed by atoms with Crippen molar-refractivity contribution in [3.8, 4) is 12.3 Å². The van der Waals surface area contributed by atoms with Crippen molar-refractivity contribution >= 4 is 35.1 Å². The molecule has 2 N–H and O–H groups in total. The van der Waals surface area contributed by atoms with Crippen LogP contribution in [0.1, 0.15) is 36.0 Å². The highest BCUT2D eigenvalue weighted by atomic mass is 32.1. The van der Waals surface area contributed by atoms with E-state index >= 15 is 0 Å². The second-order valence-corrected chi connectivity index (χ2v) is 11.9. The van der Waals surface area contributed by atoms with Gasteiger partial charge in [0.15, 0.2) is 10.8 Å². The molecule has 11 nitrogen and oxygen atoms in total. The third kappa shape index (κ3) is 5.60. The molecule has 0 saturated carbocycles. The van der Waals surface area contributed by atoms with Crippen LogP contribution < -0.4 is 5.32 Å². The van der Waals surface area contributed by atoms with Gasteiger partial charge in [-0.05, 0) is 31.5 Å². The molecule has 1 unspecified atom stereocenters. The number of carboxylic acid groups (broad SMARTS) is 1. The molecule has 0 radical (unpaired) electrons. The number of methoxy groups -OCH3 is 1. The number of carboxylic acids is 1. The van der Waals surface area contributed by atoms with E-state index in [1.165, 1.54) is 36.6 Å². The molecule has 13 heteroatoms. The van der Waals surface area contributed by atoms with Crippen LogP contribution >= 0.6 is 11.3 Å². The van der Waals surface area contributed by atoms with Crippen molar-refractivity contribution in [2.45, 2.75) is 25.9 Å². The second kappa shape index (κ2) is 11.5. The van der Waals surface area contributed by atoms with E-state index < -0.39 is 29.2 Å². The zero-order chi connectivity index (χ0) is 30.2. The standard InChI is InChI=1S/C29H31FN6O5S/c1-5-17-12-18(30)6-7-20(17)23-22(26(37)41-4)21(32-24(33-23)25-31-8-11-42-25)15-34-9-10-36-19(13-34)14-35(28(36)40)16-29(2,3)27(38)39/h1,6-8,11-12,19,23H,9-10,13-16H2,2-4H3,(H,32,33)(H,38,39)/t19-,23?/m0/s1. The fourth-order valence-electron chi connectivity index (χ4n) is 5.52. The number of nitrogens with zero attached hydrogens (tertiary/aromatic N) is 5. The number of ether oxygens (including phenoxy) is 1. The average molecular weight is 595 g/mol. The number of terminal acetylenes is 1. The maximum absolute atomic E-state index is 14.1. The molecule has 2 fully saturated rings. The zero-order valence-electron chi connectivity index (χ0n) is 23.5. The largest absolute Gasteiger partial charge is 0.481 e. The first kappa shape index (κ1) is 29.2. The van der Waals surface area contributed by atoms with Gasteiger partial charge in [0, 0.05) is 62.1 Å². The van der Waals surface area contributed by atoms with E-state index in [4.69, 9.17) is 16.2 Å². The summed E-state index contributed by atoms with van der Waals surface area (Å²) in [6.07, 6.45) is 7.37. The third-order valence-electron chi connectivity index (χ3n) is 7.69. The molecule has 42 heavy (non-hydrogen) atoms. The highest BCUT2D eigenvalue weighted by molar-refractivity contribution is 7.11. The summed E-state index contributed by atoms with van der Waals surface area (Å²) in [7, 11) is 1.28. The van der Waals surface area contributed by atoms with Crippen LogP contribution in [0.4, 0.5) is 9.18 Å². The number of urea groups is 1. The fourth-order valence-corrected chi connectivity index (χ4v) is 6.11. The molecule has 0 aliphatic carbocycles. The summed E-state index contributed by atoms with van der Waals surface area (Å²) >= 11 is 1.37. The number of benzene rings is 1. The number of fused-ring (bicyclic) bond motifs is 1. The Morgan fingerprint density at radius 3 is 2.76 bits per heavy atom. The van der Waals surface area contributed by atoms with E-state index in [1.807, 2.05) is 5.38 Å². The number of piperazine rings is 1. The van der Waals surface area contributed by atoms with Gasteiger partial charge in [-0.1, -0.05) is 12.0 Å². The SMILES string of the molecule is C#Cc1cc(F)ccc1C1N=C(c2nccs2)NC(CN2CCN3C(=O)N(CC(C)(C)C(=O)O)C[C@@H]3C2)=C1C(=O)OC. The minimum atomic E-state index is -1.08. The van der Waals surface area contributed by atoms with E-state index in [1.54, 1.807) is 29.8 Å². The molecule has 5 rings (SSSR count). The molecule has 3 aliphatic heterocycles. The number of aliphatic carboxylic acids is 1. The molecule has 2 amide bonds. The highest BCUT2D eigenvalue weighted by Gasteiger charge is 2.44. The van der Waals surface area contributed by atoms with Crippen molar-refractivity contribution < 1.29 is 28.6 Å². The Balaban J connectivity index is 1.46. The van der Waals surface area contributed by atoms with Crippen LogP contribution in [0, 0.1) is 23.6 Å². The topological polar surface area (TPSA) is 128 Å². The number of rotatable bonds is 8. The van der Waals surface area contributed by atoms with Crippen LogP contribution in [0.5, 0.6) is 0 Å². The van der Waals surface area contributed by atoms with Gasteiger partial charge in [0.05, 0.1) is 24.1 Å². The lowest BCUT2D eigenvalue weighted by Gasteiger charge is -2.38. The van der Waals surface area contributed by atoms with Crippen molar-refractivity contribution in [1.82, 2.24) is 25.0 Å². The van der Waals surface area contributed by atoms with Crippen molar-refractivity contribution in [3.63, 3.8) is 0 Å². The minimum absolute atomic E-state index is 0.109. The summed E-state index contributed by atoms with van der Waals surface area (Å²) in [5.74, 6) is 0.884. The lowest BCUT2D eigenvalue weighted by molar-refractivity contribution is -0.147. The minimum Gasteiger partial charge on any atom is -0.481 e. The highest BCUT2D eigenvalue weighted by Crippen LogP contribution is 2.35. The van der Waals surface area contributed by atoms with Crippen molar-refractivity contribution in [2.24, 2.45) is 10.4 Å². The number of hydrogen-bond donors (Lipinski definition) is 2. The predicted octanol–water partition coefficient (Wildman–Crippen LogP) is 2.31. The summed E-state index contributed by atoms with van der Waals surface area (Å²) in [6, 6.07) is 2.85. The molecule has 0 spiro atoms. The molecule has 0 bridgehead atoms. The molecule has 1 aromatic heterocycles. The third-order valence-corrected chi connectivity index (χ3v) is 8.47. The normalized spacial score (nSPS) is 21.0. The van der Waals surface area contributed by atoms with Gasteiger partial charge in [-0.3, -0.25) is 14.7 Å². The van der Waals surface area contributed by atoms with Gasteiger partial charge in [0.1, 0.15) is 11.9 Å². The Hall–Kier alpha value is -4.28. The number of carbonyl (C=O) groups excluding carboxylic acids is 2. The molecule has 2 atom stereocenters. The Kier molecular flexibility index (Phi) is 8.03. The molecule has 4 heterocycles. The van der Waals surface area contributed by atoms with Crippen molar-refractivity contribution in [2.75, 3.05) is 46.4 Å². The van der Waals surface area contributed by atoms with Gasteiger partial charge in [-0.2, -0.15) is 0 Å². The molecule has 2 saturated heterocycles. The monoisotopic (exact) mass is 594 g/mol. The second-order valence-electron chi connectivity index (χ2n) is 11.0. The first-order chi connectivity index (χ1) is 20.0. The first-order valence-electron chi connectivity index (χ1n) is 13.4. The lowest BCUT2D eigenvalue weighted by atomic mass is 9.92. The molecular formula is C29H31FN6O5S. The summed E-state index contributed by atoms with van der Waals surface area (Å²) in [6.45, 7) is 5.50. The number of hydrogen-bond acceptors (Lipinski definition) is 9. The predicted molar refractivity (Wildman–Crippen MR) is 153 cm³/mol. The van der Waals surface area contributed by atoms with Crippen LogP contribution in [0.2, 0.25) is 0 Å². The number of esters is 1. The Labute approximate surface area is 246 Å². The Morgan fingerprint density at radius 1 is 1.31 bits per heavy atom. The zero-order valence-corrected chi connectivity index (χ0v) is 24.3. The molecule has 1 aromatic carbocycles. The molecule has 2 aromatic rings. The van der Waals surface area contributed by atoms with Gasteiger partial charge in [0.2, 0.25) is 0 Å². The maximum atomic E-state index is 14.1. The van der Waals surface area contributed by atoms with E-state index in [0.29, 0.717) is 54.8 Å². The van der Waals surface area contributed by atoms with Crippen LogP contribution in [0.15, 0.2) is 46.0 Å². The number of amides is 2. The number of halogens is 1. The quantitative estimate of drug-likeness (QED) is 0.352. The van der Waals surface area contributed by atoms with Crippen molar-refractivity contribution in [3.05, 3.63) is 63.0 Å². The van der Waals surface area contributed by atoms with Gasteiger partial charge in [0.25, 0.3) is 0 Å². The number of carbonyl (C=O) groups is 3. The van der Waals surface area contributed by atoms with E-state index in [2.05, 4.69) is 21.1 Å². The summed E-state index contributed by atoms with van der Waals surface area (Å²) in [4.78, 5) is 52.7. The Bertz CT molecular complexity index is 1510. The number of aromatic nitrogens is 1. The summed E-state index contributed by atoms with van der Waals surface area (Å²) in [5, 5.41) is 15.3. The fraction of sp³-hybridized carbons (Fsp3) is 0.414. The summed E-state index contributed by atoms with van der Waals surface area (Å²) < 4.78 is 19.3. The van der Waals surface area contributed by atoms with E-state index in [-0.39, 0.29) is 29.8 Å². The number of amidine groups is 1. The van der Waals surface area contributed by atoms with Crippen LogP contribution in [-0.4, -0.2) is 101 Å². The van der Waals surface area contributed by atoms with Gasteiger partial charge in [-0.15, -0.1) is 17.8 Å². The smallest absolute Gasteiger partial charge is 0.338 e. The molecule has 3 aliphatic rings. The van der Waals surface area contributed by atoms with Crippen LogP contribution in [-0.2, 0) is 14.3 Å². The van der Waals surface area contributed by atoms with Crippen LogP contribution in [0.3, 0.4) is 0 Å². The Morgan fingerprint density at radius 2 is 2.10 bits per heavy atom. The van der Waals surface area contributed by atoms with Crippen LogP contribution in [0.25, 0.3) is 0 Å². The van der Waals surface area contributed by atoms with Gasteiger partial charge in [-0.25, -0.2) is 19.0 Å². The van der Waals surface area contributed by atoms with E-state index in [9.17, 15) is 23.9 Å². The molecule has 220 valence electrons. The maximum Gasteiger partial charge on any atom is 0.338 e. The first-order valence-corrected chi connectivity index (χ1v) is 14.2. The number of nitrogens with one attached hydrogen (secondary N) is 1.